The van der Waals surface area contributed by atoms with Crippen molar-refractivity contribution in [2.24, 2.45) is 5.92 Å². The predicted molar refractivity (Wildman–Crippen MR) is 181 cm³/mol. The monoisotopic (exact) mass is 640 g/mol. The summed E-state index contributed by atoms with van der Waals surface area (Å²) in [5.74, 6) is -0.256. The van der Waals surface area contributed by atoms with Gasteiger partial charge in [-0.05, 0) is 81.3 Å². The van der Waals surface area contributed by atoms with Gasteiger partial charge >= 0.3 is 0 Å². The lowest BCUT2D eigenvalue weighted by atomic mass is 9.82. The molecule has 0 saturated carbocycles. The van der Waals surface area contributed by atoms with Gasteiger partial charge in [-0.15, -0.1) is 0 Å². The minimum Gasteiger partial charge on any atom is -0.432 e. The van der Waals surface area contributed by atoms with Crippen molar-refractivity contribution < 1.29 is 24.2 Å². The molecule has 4 atom stereocenters. The molecule has 0 radical (unpaired) electrons. The summed E-state index contributed by atoms with van der Waals surface area (Å²) < 4.78 is 6.68. The molecule has 2 amide bonds. The molecule has 9 nitrogen and oxygen atoms in total. The van der Waals surface area contributed by atoms with E-state index >= 15 is 0 Å². The van der Waals surface area contributed by atoms with Crippen molar-refractivity contribution in [2.75, 3.05) is 41.1 Å². The van der Waals surface area contributed by atoms with E-state index in [-0.39, 0.29) is 29.9 Å². The second kappa shape index (κ2) is 11.6. The Morgan fingerprint density at radius 1 is 0.913 bits per heavy atom. The summed E-state index contributed by atoms with van der Waals surface area (Å²) in [5.41, 5.74) is 2.49. The van der Waals surface area contributed by atoms with Crippen LogP contribution in [0.5, 0.6) is 0 Å². The zero-order chi connectivity index (χ0) is 32.3. The number of anilines is 3. The molecule has 242 valence electrons. The third-order valence-electron chi connectivity index (χ3n) is 10.8. The second-order valence-corrected chi connectivity index (χ2v) is 17.8. The van der Waals surface area contributed by atoms with Crippen LogP contribution in [0.4, 0.5) is 17.1 Å². The first-order valence-electron chi connectivity index (χ1n) is 16.5. The number of hydrogen-bond acceptors (Lipinski definition) is 7. The molecule has 3 N–H and O–H groups in total. The van der Waals surface area contributed by atoms with Gasteiger partial charge in [0.25, 0.3) is 11.8 Å². The Balaban J connectivity index is 1.16. The summed E-state index contributed by atoms with van der Waals surface area (Å²) in [6.07, 6.45) is 1.48. The predicted octanol–water partition coefficient (Wildman–Crippen LogP) is 4.35. The second-order valence-electron chi connectivity index (χ2n) is 13.9. The molecule has 4 aliphatic rings. The van der Waals surface area contributed by atoms with Crippen molar-refractivity contribution in [3.8, 4) is 0 Å². The number of aliphatic hydroxyl groups excluding tert-OH is 1. The minimum atomic E-state index is -2.74. The molecule has 10 heteroatoms. The number of hydrogen-bond donors (Lipinski definition) is 3. The number of rotatable bonds is 7. The average molecular weight is 641 g/mol. The fraction of sp³-hybridized carbons (Fsp3) is 0.444. The van der Waals surface area contributed by atoms with E-state index in [9.17, 15) is 19.5 Å². The average Bonchev–Trinajstić information content (AvgIpc) is 3.60. The Labute approximate surface area is 271 Å². The van der Waals surface area contributed by atoms with Gasteiger partial charge in [0.2, 0.25) is 0 Å². The quantitative estimate of drug-likeness (QED) is 0.330. The van der Waals surface area contributed by atoms with Gasteiger partial charge in [0.05, 0.1) is 25.0 Å². The Kier molecular flexibility index (Phi) is 7.84. The van der Waals surface area contributed by atoms with Gasteiger partial charge in [0.1, 0.15) is 5.54 Å². The Hall–Kier alpha value is -3.54. The number of fused-ring (bicyclic) bond motifs is 2. The third-order valence-corrected chi connectivity index (χ3v) is 13.3. The highest BCUT2D eigenvalue weighted by Crippen LogP contribution is 2.59. The largest absolute Gasteiger partial charge is 0.432 e. The van der Waals surface area contributed by atoms with E-state index in [1.807, 2.05) is 91.6 Å². The van der Waals surface area contributed by atoms with Crippen LogP contribution in [0.15, 0.2) is 78.9 Å². The van der Waals surface area contributed by atoms with Crippen LogP contribution >= 0.6 is 0 Å². The van der Waals surface area contributed by atoms with Gasteiger partial charge in [-0.1, -0.05) is 55.5 Å². The molecule has 0 bridgehead atoms. The highest BCUT2D eigenvalue weighted by molar-refractivity contribution is 6.71. The summed E-state index contributed by atoms with van der Waals surface area (Å²) in [7, 11) is -2.74. The molecule has 3 saturated heterocycles. The number of amides is 2. The Morgan fingerprint density at radius 2 is 1.59 bits per heavy atom. The minimum absolute atomic E-state index is 0.0685. The van der Waals surface area contributed by atoms with E-state index in [1.165, 1.54) is 0 Å². The standard InChI is InChI=1S/C36H44N4O5Si/c1-25-32(46(2,3)44)31(17-22-41)45-36(25)29-11-7-8-12-30(29)38(34(36)43)23-26-13-15-27(16-14-26)39-24-40(28-9-5-4-6-10-28)35(33(39)42)18-20-37-21-19-35/h4-16,25,31-32,37,41,44H,17-24H2,1-3H3/t25-,31+,32-,36+/m0/s1. The number of aliphatic hydroxyl groups is 1. The fourth-order valence-electron chi connectivity index (χ4n) is 8.72. The summed E-state index contributed by atoms with van der Waals surface area (Å²) in [4.78, 5) is 45.8. The lowest BCUT2D eigenvalue weighted by Crippen LogP contribution is -2.55. The lowest BCUT2D eigenvalue weighted by molar-refractivity contribution is -0.146. The van der Waals surface area contributed by atoms with Crippen molar-refractivity contribution in [3.63, 3.8) is 0 Å². The maximum atomic E-state index is 14.5. The van der Waals surface area contributed by atoms with Gasteiger partial charge in [0.15, 0.2) is 13.9 Å². The summed E-state index contributed by atoms with van der Waals surface area (Å²) in [6.45, 7) is 8.17. The molecule has 3 aromatic rings. The first-order chi connectivity index (χ1) is 22.1. The molecular formula is C36H44N4O5Si. The number of para-hydroxylation sites is 2. The highest BCUT2D eigenvalue weighted by Gasteiger charge is 2.66. The van der Waals surface area contributed by atoms with Crippen molar-refractivity contribution in [1.82, 2.24) is 5.32 Å². The van der Waals surface area contributed by atoms with Gasteiger partial charge in [-0.2, -0.15) is 0 Å². The third kappa shape index (κ3) is 4.72. The maximum absolute atomic E-state index is 14.5. The van der Waals surface area contributed by atoms with E-state index in [0.29, 0.717) is 19.6 Å². The topological polar surface area (TPSA) is 106 Å². The molecule has 4 aliphatic heterocycles. The van der Waals surface area contributed by atoms with Crippen LogP contribution in [-0.2, 0) is 26.5 Å². The zero-order valence-electron chi connectivity index (χ0n) is 26.9. The van der Waals surface area contributed by atoms with Gasteiger partial charge in [0, 0.05) is 35.0 Å². The van der Waals surface area contributed by atoms with Crippen LogP contribution in [0.25, 0.3) is 0 Å². The van der Waals surface area contributed by atoms with Crippen LogP contribution in [0.1, 0.15) is 37.3 Å². The van der Waals surface area contributed by atoms with Crippen LogP contribution < -0.4 is 20.0 Å². The van der Waals surface area contributed by atoms with Crippen LogP contribution in [0, 0.1) is 5.92 Å². The number of ether oxygens (including phenoxy) is 1. The lowest BCUT2D eigenvalue weighted by Gasteiger charge is -2.39. The van der Waals surface area contributed by atoms with Crippen molar-refractivity contribution in [2.45, 2.75) is 68.6 Å². The molecule has 3 fully saturated rings. The number of benzene rings is 3. The molecular weight excluding hydrogens is 597 g/mol. The van der Waals surface area contributed by atoms with Crippen LogP contribution in [0.3, 0.4) is 0 Å². The van der Waals surface area contributed by atoms with E-state index < -0.39 is 25.6 Å². The van der Waals surface area contributed by atoms with E-state index in [4.69, 9.17) is 4.74 Å². The number of piperidine rings is 1. The fourth-order valence-corrected chi connectivity index (χ4v) is 11.3. The molecule has 46 heavy (non-hydrogen) atoms. The Morgan fingerprint density at radius 3 is 2.26 bits per heavy atom. The molecule has 7 rings (SSSR count). The van der Waals surface area contributed by atoms with Crippen LogP contribution in [0.2, 0.25) is 18.6 Å². The van der Waals surface area contributed by atoms with Gasteiger partial charge in [-0.3, -0.25) is 14.5 Å². The summed E-state index contributed by atoms with van der Waals surface area (Å²) in [5, 5.41) is 13.2. The SMILES string of the molecule is C[C@H]1[C@H]([Si](C)(C)O)[C@@H](CCO)O[C@]12C(=O)N(Cc1ccc(N3CN(c4ccccc4)C4(CCNCC4)C3=O)cc1)c1ccccc12. The summed E-state index contributed by atoms with van der Waals surface area (Å²) in [6, 6.07) is 26.0. The maximum Gasteiger partial charge on any atom is 0.264 e. The zero-order valence-corrected chi connectivity index (χ0v) is 27.9. The van der Waals surface area contributed by atoms with Crippen LogP contribution in [-0.4, -0.2) is 68.0 Å². The highest BCUT2D eigenvalue weighted by atomic mass is 28.4. The van der Waals surface area contributed by atoms with Crippen molar-refractivity contribution in [1.29, 1.82) is 0 Å². The number of nitrogens with zero attached hydrogens (tertiary/aromatic N) is 3. The first-order valence-corrected chi connectivity index (χ1v) is 19.5. The van der Waals surface area contributed by atoms with Gasteiger partial charge in [-0.25, -0.2) is 0 Å². The molecule has 4 heterocycles. The summed E-state index contributed by atoms with van der Waals surface area (Å²) >= 11 is 0. The molecule has 3 aromatic carbocycles. The van der Waals surface area contributed by atoms with E-state index in [1.54, 1.807) is 4.90 Å². The molecule has 0 aromatic heterocycles. The normalized spacial score (nSPS) is 27.3. The van der Waals surface area contributed by atoms with E-state index in [2.05, 4.69) is 22.3 Å². The smallest absolute Gasteiger partial charge is 0.264 e. The number of nitrogens with one attached hydrogen (secondary N) is 1. The molecule has 0 unspecified atom stereocenters. The van der Waals surface area contributed by atoms with Crippen molar-refractivity contribution >= 4 is 37.2 Å². The van der Waals surface area contributed by atoms with E-state index in [0.717, 1.165) is 54.1 Å². The Bertz CT molecular complexity index is 1610. The molecule has 2 spiro atoms. The molecule has 0 aliphatic carbocycles. The van der Waals surface area contributed by atoms with Crippen molar-refractivity contribution in [3.05, 3.63) is 90.0 Å². The number of carbonyl (C=O) groups is 2. The first kappa shape index (κ1) is 31.1. The van der Waals surface area contributed by atoms with Gasteiger partial charge < -0.3 is 29.8 Å². The number of carbonyl (C=O) groups excluding carboxylic acids is 2.